The number of rotatable bonds is 24. The summed E-state index contributed by atoms with van der Waals surface area (Å²) in [7, 11) is -7.09. The van der Waals surface area contributed by atoms with Crippen LogP contribution in [-0.4, -0.2) is 132 Å². The third-order valence-electron chi connectivity index (χ3n) is 21.5. The van der Waals surface area contributed by atoms with Crippen molar-refractivity contribution in [3.8, 4) is 11.5 Å². The van der Waals surface area contributed by atoms with Gasteiger partial charge in [-0.1, -0.05) is 72.5 Å². The first-order chi connectivity index (χ1) is 48.0. The summed E-state index contributed by atoms with van der Waals surface area (Å²) in [5, 5.41) is 12.5. The Labute approximate surface area is 602 Å². The van der Waals surface area contributed by atoms with Gasteiger partial charge in [-0.05, 0) is 252 Å². The summed E-state index contributed by atoms with van der Waals surface area (Å²) in [5.74, 6) is 5.67. The maximum absolute atomic E-state index is 13.1. The average Bonchev–Trinajstić information content (AvgIpc) is 1.36. The summed E-state index contributed by atoms with van der Waals surface area (Å²) in [6.07, 6.45) is 25.7. The van der Waals surface area contributed by atoms with Crippen molar-refractivity contribution in [3.05, 3.63) is 130 Å². The van der Waals surface area contributed by atoms with Gasteiger partial charge in [-0.15, -0.1) is 0 Å². The molecule has 8 aliphatic rings. The molecule has 14 rings (SSSR count). The summed E-state index contributed by atoms with van der Waals surface area (Å²) < 4.78 is 76.8. The predicted octanol–water partition coefficient (Wildman–Crippen LogP) is 17.4. The Bertz CT molecular complexity index is 4240. The Balaban J connectivity index is 0.000000180. The van der Waals surface area contributed by atoms with Gasteiger partial charge in [0.05, 0.1) is 86.9 Å². The number of hydrogen-bond donors (Lipinski definition) is 4. The normalized spacial score (nSPS) is 22.1. The number of nitrogens with one attached hydrogen (secondary N) is 4. The fourth-order valence-electron chi connectivity index (χ4n) is 15.4. The zero-order chi connectivity index (χ0) is 70.3. The largest absolute Gasteiger partial charge is 0.489 e. The molecule has 0 bridgehead atoms. The highest BCUT2D eigenvalue weighted by molar-refractivity contribution is 7.92. The average molecular weight is 1440 g/mol. The number of halogens is 2. The fourth-order valence-corrected chi connectivity index (χ4v) is 18.1. The van der Waals surface area contributed by atoms with Crippen LogP contribution < -0.4 is 30.7 Å². The van der Waals surface area contributed by atoms with Gasteiger partial charge in [0.2, 0.25) is 11.9 Å². The van der Waals surface area contributed by atoms with Crippen LogP contribution in [0.5, 0.6) is 11.5 Å². The highest BCUT2D eigenvalue weighted by atomic mass is 35.5. The van der Waals surface area contributed by atoms with E-state index in [1.54, 1.807) is 76.2 Å². The maximum atomic E-state index is 13.1. The maximum Gasteiger partial charge on any atom is 0.229 e. The van der Waals surface area contributed by atoms with Crippen LogP contribution in [0.2, 0.25) is 10.0 Å². The minimum Gasteiger partial charge on any atom is -0.489 e. The first-order valence-corrected chi connectivity index (χ1v) is 40.4. The van der Waals surface area contributed by atoms with E-state index in [4.69, 9.17) is 47.1 Å². The molecule has 6 aromatic rings. The molecule has 0 radical (unpaired) electrons. The van der Waals surface area contributed by atoms with E-state index in [-0.39, 0.29) is 32.0 Å². The van der Waals surface area contributed by atoms with Crippen molar-refractivity contribution in [1.29, 1.82) is 0 Å². The van der Waals surface area contributed by atoms with Gasteiger partial charge in [0, 0.05) is 43.4 Å². The van der Waals surface area contributed by atoms with Crippen LogP contribution in [0, 0.1) is 37.5 Å². The van der Waals surface area contributed by atoms with Crippen molar-refractivity contribution in [2.24, 2.45) is 23.7 Å². The molecule has 4 aliphatic carbocycles. The molecular formula is C78H100Cl2N10O8S2. The number of sulfone groups is 2. The van der Waals surface area contributed by atoms with Crippen molar-refractivity contribution < 1.29 is 35.8 Å². The van der Waals surface area contributed by atoms with E-state index in [9.17, 15) is 16.8 Å². The minimum atomic E-state index is -3.55. The third kappa shape index (κ3) is 15.9. The lowest BCUT2D eigenvalue weighted by molar-refractivity contribution is -0.0963. The van der Waals surface area contributed by atoms with Crippen LogP contribution in [0.4, 0.5) is 46.3 Å². The quantitative estimate of drug-likeness (QED) is 0.0444. The van der Waals surface area contributed by atoms with Gasteiger partial charge < -0.3 is 40.2 Å². The Kier molecular flexibility index (Phi) is 22.0. The van der Waals surface area contributed by atoms with E-state index in [0.29, 0.717) is 71.2 Å². The second kappa shape index (κ2) is 30.5. The predicted molar refractivity (Wildman–Crippen MR) is 401 cm³/mol. The molecule has 6 heterocycles. The third-order valence-corrected chi connectivity index (χ3v) is 26.5. The molecular weight excluding hydrogens is 1340 g/mol. The molecule has 4 N–H and O–H groups in total. The number of ether oxygens (including phenoxy) is 4. The smallest absolute Gasteiger partial charge is 0.229 e. The highest BCUT2D eigenvalue weighted by Crippen LogP contribution is 2.52. The summed E-state index contributed by atoms with van der Waals surface area (Å²) in [5.41, 5.74) is 10.0. The SMILES string of the molecule is Cc1cc(Nc2ncc(Cl)c(Nc3ccccc3S(=O)(=O)C(C)C)n2)c(OC(C)C)cc1C1=C[C@H](C2CC2)N(C2COC2)[C@H](C2CC2)C1.Cc1cc(Nc2ncc(Cl)c(Nc3ccccc3S(=O)(=O)C(C)C)n2)c(OC(C)C)cc1C1=C[C@H](C2CCC2)N(C2CCOCC2)[C@@H](C2CCC2)C1. The van der Waals surface area contributed by atoms with E-state index >= 15 is 0 Å². The van der Waals surface area contributed by atoms with Crippen molar-refractivity contribution in [3.63, 3.8) is 0 Å². The molecule has 4 saturated carbocycles. The van der Waals surface area contributed by atoms with Gasteiger partial charge in [0.15, 0.2) is 31.3 Å². The number of anilines is 8. The lowest BCUT2D eigenvalue weighted by Crippen LogP contribution is -2.59. The Hall–Kier alpha value is -6.36. The lowest BCUT2D eigenvalue weighted by atomic mass is 9.69. The van der Waals surface area contributed by atoms with Crippen molar-refractivity contribution >= 4 is 100 Å². The van der Waals surface area contributed by atoms with E-state index in [2.05, 4.69) is 96.3 Å². The van der Waals surface area contributed by atoms with Gasteiger partial charge >= 0.3 is 0 Å². The molecule has 0 unspecified atom stereocenters. The van der Waals surface area contributed by atoms with Gasteiger partial charge in [0.25, 0.3) is 0 Å². The van der Waals surface area contributed by atoms with Gasteiger partial charge in [0.1, 0.15) is 21.5 Å². The lowest BCUT2D eigenvalue weighted by Gasteiger charge is -2.54. The fraction of sp³-hybridized carbons (Fsp3) is 0.538. The molecule has 22 heteroatoms. The molecule has 18 nitrogen and oxygen atoms in total. The molecule has 536 valence electrons. The topological polar surface area (TPSA) is 211 Å². The van der Waals surface area contributed by atoms with E-state index in [1.165, 1.54) is 104 Å². The number of aryl methyl sites for hydroxylation is 2. The number of para-hydroxylation sites is 2. The molecule has 0 amide bonds. The van der Waals surface area contributed by atoms with Crippen LogP contribution in [0.1, 0.15) is 168 Å². The Morgan fingerprint density at radius 3 is 1.29 bits per heavy atom. The van der Waals surface area contributed by atoms with Crippen LogP contribution in [0.3, 0.4) is 0 Å². The second-order valence-electron chi connectivity index (χ2n) is 30.0. The number of benzene rings is 4. The highest BCUT2D eigenvalue weighted by Gasteiger charge is 2.50. The first-order valence-electron chi connectivity index (χ1n) is 36.5. The molecule has 2 saturated heterocycles. The summed E-state index contributed by atoms with van der Waals surface area (Å²) in [6.45, 7) is 22.6. The van der Waals surface area contributed by atoms with Crippen LogP contribution in [-0.2, 0) is 29.1 Å². The minimum absolute atomic E-state index is 0.0447. The number of aromatic nitrogens is 4. The van der Waals surface area contributed by atoms with Gasteiger partial charge in [-0.2, -0.15) is 9.97 Å². The Morgan fingerprint density at radius 2 is 0.910 bits per heavy atom. The molecule has 4 atom stereocenters. The monoisotopic (exact) mass is 1440 g/mol. The zero-order valence-corrected chi connectivity index (χ0v) is 62.7. The van der Waals surface area contributed by atoms with Crippen molar-refractivity contribution in [2.75, 3.05) is 47.7 Å². The van der Waals surface area contributed by atoms with Crippen LogP contribution in [0.25, 0.3) is 11.1 Å². The molecule has 0 spiro atoms. The molecule has 4 aliphatic heterocycles. The Morgan fingerprint density at radius 1 is 0.500 bits per heavy atom. The summed E-state index contributed by atoms with van der Waals surface area (Å²) in [6, 6.07) is 25.4. The molecule has 100 heavy (non-hydrogen) atoms. The van der Waals surface area contributed by atoms with Gasteiger partial charge in [-0.25, -0.2) is 26.8 Å². The summed E-state index contributed by atoms with van der Waals surface area (Å²) >= 11 is 13.1. The second-order valence-corrected chi connectivity index (χ2v) is 35.8. The zero-order valence-electron chi connectivity index (χ0n) is 59.6. The summed E-state index contributed by atoms with van der Waals surface area (Å²) in [4.78, 5) is 24.5. The van der Waals surface area contributed by atoms with Gasteiger partial charge in [-0.3, -0.25) is 9.80 Å². The standard InChI is InChI=1S/C41H54ClN5O4S.C37H46ClN5O4S/c1-25(2)51-38-23-32(30-21-36(28-10-8-11-28)47(31-16-18-50-19-17-31)37(22-30)29-12-9-13-29)27(5)20-35(38)45-41-43-24-33(42)40(46-41)44-34-14-6-7-15-39(34)52(48,49)26(3)4;1-21(2)47-34-17-28(26-15-32(24-10-11-24)43(27-19-46-20-27)33(16-26)25-12-13-25)23(5)14-31(34)41-37-39-18-29(38)36(42-37)40-30-8-6-7-9-35(30)48(44,45)22(3)4/h6-7,14-15,20-21,23-26,28-29,31,36-37H,8-13,16-19,22H2,1-5H3,(H2,43,44,45,46);6-9,14-15,17-18,21-22,24-25,27,32-33H,10-13,16,19-20H2,1-5H3,(H2,39,40,41,42)/t36-,37-;32-,33+/m11/s1. The van der Waals surface area contributed by atoms with Crippen LogP contribution in [0.15, 0.2) is 107 Å². The molecule has 6 fully saturated rings. The van der Waals surface area contributed by atoms with Crippen molar-refractivity contribution in [1.82, 2.24) is 29.7 Å². The van der Waals surface area contributed by atoms with E-state index < -0.39 is 30.2 Å². The van der Waals surface area contributed by atoms with E-state index in [0.717, 1.165) is 104 Å². The molecule has 4 aromatic carbocycles. The first kappa shape index (κ1) is 72.0. The van der Waals surface area contributed by atoms with Crippen molar-refractivity contribution in [2.45, 2.75) is 228 Å². The van der Waals surface area contributed by atoms with Crippen LogP contribution >= 0.6 is 23.2 Å². The molecule has 2 aromatic heterocycles. The number of hydrogen-bond acceptors (Lipinski definition) is 18. The number of nitrogens with zero attached hydrogens (tertiary/aromatic N) is 6. The van der Waals surface area contributed by atoms with E-state index in [1.807, 2.05) is 27.7 Å².